The van der Waals surface area contributed by atoms with E-state index < -0.39 is 0 Å². The minimum atomic E-state index is -0.0435. The second-order valence-corrected chi connectivity index (χ2v) is 8.17. The minimum Gasteiger partial charge on any atom is -0.353 e. The van der Waals surface area contributed by atoms with E-state index in [4.69, 9.17) is 0 Å². The maximum Gasteiger partial charge on any atom is 0.230 e. The number of nitrogens with one attached hydrogen (secondary N) is 1. The van der Waals surface area contributed by atoms with Crippen LogP contribution in [0.3, 0.4) is 0 Å². The van der Waals surface area contributed by atoms with Gasteiger partial charge in [0.1, 0.15) is 5.82 Å². The summed E-state index contributed by atoms with van der Waals surface area (Å²) in [6.07, 6.45) is 3.14. The monoisotopic (exact) mass is 402 g/mol. The first-order valence-electron chi connectivity index (χ1n) is 9.51. The maximum absolute atomic E-state index is 12.2. The van der Waals surface area contributed by atoms with E-state index >= 15 is 0 Å². The highest BCUT2D eigenvalue weighted by atomic mass is 32.2. The van der Waals surface area contributed by atoms with Crippen LogP contribution in [0, 0.1) is 5.92 Å². The third-order valence-corrected chi connectivity index (χ3v) is 5.73. The van der Waals surface area contributed by atoms with Gasteiger partial charge in [-0.15, -0.1) is 10.2 Å². The van der Waals surface area contributed by atoms with Gasteiger partial charge in [0.05, 0.1) is 12.3 Å². The number of hydrogen-bond donors (Lipinski definition) is 1. The molecule has 1 unspecified atom stereocenters. The molecular formula is C19H26N6O2S. The fraction of sp³-hybridized carbons (Fsp3) is 0.526. The van der Waals surface area contributed by atoms with Gasteiger partial charge in [-0.2, -0.15) is 0 Å². The fourth-order valence-corrected chi connectivity index (χ4v) is 3.62. The Kier molecular flexibility index (Phi) is 6.66. The van der Waals surface area contributed by atoms with Gasteiger partial charge in [0, 0.05) is 25.2 Å². The lowest BCUT2D eigenvalue weighted by Crippen LogP contribution is -2.37. The quantitative estimate of drug-likeness (QED) is 0.679. The number of carbonyl (C=O) groups is 2. The molecule has 3 rings (SSSR count). The van der Waals surface area contributed by atoms with Crippen LogP contribution in [-0.4, -0.2) is 54.8 Å². The molecule has 150 valence electrons. The number of nitrogens with zero attached hydrogens (tertiary/aromatic N) is 5. The van der Waals surface area contributed by atoms with E-state index in [0.29, 0.717) is 35.7 Å². The standard InChI is InChI=1S/C19H26N6O2S/c1-13(2)14(3)21-17(26)12-28-19-23-22-16(11-24-10-6-8-18(24)27)25(19)15-7-4-5-9-20-15/h4-5,7,9,13-14H,6,8,10-12H2,1-3H3,(H,21,26). The van der Waals surface area contributed by atoms with Crippen LogP contribution >= 0.6 is 11.8 Å². The van der Waals surface area contributed by atoms with Crippen molar-refractivity contribution in [3.05, 3.63) is 30.2 Å². The molecule has 1 N–H and O–H groups in total. The van der Waals surface area contributed by atoms with Gasteiger partial charge < -0.3 is 10.2 Å². The van der Waals surface area contributed by atoms with Crippen molar-refractivity contribution in [3.63, 3.8) is 0 Å². The molecule has 1 fully saturated rings. The molecule has 0 bridgehead atoms. The molecule has 1 aliphatic heterocycles. The van der Waals surface area contributed by atoms with Gasteiger partial charge in [0.25, 0.3) is 0 Å². The van der Waals surface area contributed by atoms with Crippen molar-refractivity contribution >= 4 is 23.6 Å². The summed E-state index contributed by atoms with van der Waals surface area (Å²) in [6, 6.07) is 5.70. The molecular weight excluding hydrogens is 376 g/mol. The van der Waals surface area contributed by atoms with Gasteiger partial charge >= 0.3 is 0 Å². The molecule has 1 aliphatic rings. The summed E-state index contributed by atoms with van der Waals surface area (Å²) in [7, 11) is 0. The van der Waals surface area contributed by atoms with Crippen molar-refractivity contribution in [2.75, 3.05) is 12.3 Å². The van der Waals surface area contributed by atoms with E-state index in [-0.39, 0.29) is 23.6 Å². The van der Waals surface area contributed by atoms with Crippen molar-refractivity contribution in [1.29, 1.82) is 0 Å². The molecule has 0 spiro atoms. The summed E-state index contributed by atoms with van der Waals surface area (Å²) in [5.41, 5.74) is 0. The lowest BCUT2D eigenvalue weighted by atomic mass is 10.1. The summed E-state index contributed by atoms with van der Waals surface area (Å²) < 4.78 is 1.83. The Morgan fingerprint density at radius 1 is 1.29 bits per heavy atom. The van der Waals surface area contributed by atoms with Gasteiger partial charge in [-0.25, -0.2) is 4.98 Å². The summed E-state index contributed by atoms with van der Waals surface area (Å²) in [4.78, 5) is 30.4. The zero-order valence-corrected chi connectivity index (χ0v) is 17.3. The van der Waals surface area contributed by atoms with Gasteiger partial charge in [-0.3, -0.25) is 14.2 Å². The zero-order valence-electron chi connectivity index (χ0n) is 16.5. The predicted octanol–water partition coefficient (Wildman–Crippen LogP) is 2.04. The van der Waals surface area contributed by atoms with Crippen molar-refractivity contribution < 1.29 is 9.59 Å². The Balaban J connectivity index is 1.77. The number of pyridine rings is 1. The largest absolute Gasteiger partial charge is 0.353 e. The van der Waals surface area contributed by atoms with E-state index in [1.807, 2.05) is 29.7 Å². The van der Waals surface area contributed by atoms with Crippen LogP contribution in [0.15, 0.2) is 29.6 Å². The zero-order chi connectivity index (χ0) is 20.1. The average Bonchev–Trinajstić information content (AvgIpc) is 3.27. The van der Waals surface area contributed by atoms with Gasteiger partial charge in [0.15, 0.2) is 11.0 Å². The van der Waals surface area contributed by atoms with Crippen LogP contribution < -0.4 is 5.32 Å². The summed E-state index contributed by atoms with van der Waals surface area (Å²) in [6.45, 7) is 7.25. The van der Waals surface area contributed by atoms with Crippen molar-refractivity contribution in [1.82, 2.24) is 30.0 Å². The van der Waals surface area contributed by atoms with E-state index in [1.54, 1.807) is 11.1 Å². The topological polar surface area (TPSA) is 93.0 Å². The first-order chi connectivity index (χ1) is 13.5. The van der Waals surface area contributed by atoms with Gasteiger partial charge in [0.2, 0.25) is 11.8 Å². The SMILES string of the molecule is CC(C)C(C)NC(=O)CSc1nnc(CN2CCCC2=O)n1-c1ccccn1. The third kappa shape index (κ3) is 4.89. The van der Waals surface area contributed by atoms with E-state index in [9.17, 15) is 9.59 Å². The molecule has 1 atom stereocenters. The highest BCUT2D eigenvalue weighted by molar-refractivity contribution is 7.99. The van der Waals surface area contributed by atoms with Crippen LogP contribution in [0.2, 0.25) is 0 Å². The highest BCUT2D eigenvalue weighted by Crippen LogP contribution is 2.23. The lowest BCUT2D eigenvalue weighted by molar-refractivity contribution is -0.128. The number of rotatable bonds is 8. The first kappa shape index (κ1) is 20.3. The first-order valence-corrected chi connectivity index (χ1v) is 10.5. The Labute approximate surface area is 169 Å². The summed E-state index contributed by atoms with van der Waals surface area (Å²) in [5, 5.41) is 12.1. The van der Waals surface area contributed by atoms with E-state index in [2.05, 4.69) is 34.3 Å². The lowest BCUT2D eigenvalue weighted by Gasteiger charge is -2.17. The average molecular weight is 403 g/mol. The highest BCUT2D eigenvalue weighted by Gasteiger charge is 2.24. The molecule has 0 radical (unpaired) electrons. The van der Waals surface area contributed by atoms with Gasteiger partial charge in [-0.05, 0) is 31.4 Å². The Morgan fingerprint density at radius 3 is 2.75 bits per heavy atom. The van der Waals surface area contributed by atoms with Crippen molar-refractivity contribution in [3.8, 4) is 5.82 Å². The molecule has 9 heteroatoms. The normalized spacial score (nSPS) is 15.3. The minimum absolute atomic E-state index is 0.0435. The number of thioether (sulfide) groups is 1. The molecule has 0 aromatic carbocycles. The van der Waals surface area contributed by atoms with Crippen LogP contribution in [0.25, 0.3) is 5.82 Å². The molecule has 0 saturated carbocycles. The second-order valence-electron chi connectivity index (χ2n) is 7.23. The number of carbonyl (C=O) groups excluding carboxylic acids is 2. The number of likely N-dealkylation sites (tertiary alicyclic amines) is 1. The van der Waals surface area contributed by atoms with Crippen LogP contribution in [0.4, 0.5) is 0 Å². The Hall–Kier alpha value is -2.42. The third-order valence-electron chi connectivity index (χ3n) is 4.80. The van der Waals surface area contributed by atoms with Crippen molar-refractivity contribution in [2.24, 2.45) is 5.92 Å². The van der Waals surface area contributed by atoms with E-state index in [0.717, 1.165) is 13.0 Å². The molecule has 28 heavy (non-hydrogen) atoms. The molecule has 3 heterocycles. The summed E-state index contributed by atoms with van der Waals surface area (Å²) >= 11 is 1.32. The molecule has 1 saturated heterocycles. The maximum atomic E-state index is 12.2. The number of aromatic nitrogens is 4. The smallest absolute Gasteiger partial charge is 0.230 e. The van der Waals surface area contributed by atoms with E-state index in [1.165, 1.54) is 11.8 Å². The number of amides is 2. The molecule has 8 nitrogen and oxygen atoms in total. The summed E-state index contributed by atoms with van der Waals surface area (Å²) in [5.74, 6) is 2.02. The van der Waals surface area contributed by atoms with Crippen LogP contribution in [0.1, 0.15) is 39.4 Å². The molecule has 2 aromatic heterocycles. The molecule has 2 aromatic rings. The van der Waals surface area contributed by atoms with Gasteiger partial charge in [-0.1, -0.05) is 31.7 Å². The van der Waals surface area contributed by atoms with Crippen molar-refractivity contribution in [2.45, 2.75) is 51.4 Å². The second kappa shape index (κ2) is 9.18. The molecule has 2 amide bonds. The Bertz CT molecular complexity index is 823. The number of hydrogen-bond acceptors (Lipinski definition) is 6. The van der Waals surface area contributed by atoms with Crippen LogP contribution in [0.5, 0.6) is 0 Å². The molecule has 0 aliphatic carbocycles. The van der Waals surface area contributed by atoms with Crippen LogP contribution in [-0.2, 0) is 16.1 Å². The predicted molar refractivity (Wildman–Crippen MR) is 107 cm³/mol. The Morgan fingerprint density at radius 2 is 2.11 bits per heavy atom. The fourth-order valence-electron chi connectivity index (χ4n) is 2.85.